The van der Waals surface area contributed by atoms with Gasteiger partial charge >= 0.3 is 0 Å². The van der Waals surface area contributed by atoms with Crippen LogP contribution in [0.5, 0.6) is 5.75 Å². The first kappa shape index (κ1) is 14.0. The number of para-hydroxylation sites is 1. The smallest absolute Gasteiger partial charge is 0.257 e. The lowest BCUT2D eigenvalue weighted by Gasteiger charge is -2.25. The number of ether oxygens (including phenoxy) is 2. The van der Waals surface area contributed by atoms with Crippen molar-refractivity contribution in [1.82, 2.24) is 15.5 Å². The highest BCUT2D eigenvalue weighted by Crippen LogP contribution is 2.20. The fraction of sp³-hybridized carbons (Fsp3) is 0.429. The molecule has 0 spiro atoms. The van der Waals surface area contributed by atoms with Crippen LogP contribution in [0.3, 0.4) is 0 Å². The van der Waals surface area contributed by atoms with Crippen LogP contribution in [0.4, 0.5) is 4.39 Å². The van der Waals surface area contributed by atoms with Gasteiger partial charge in [-0.05, 0) is 19.1 Å². The summed E-state index contributed by atoms with van der Waals surface area (Å²) < 4.78 is 29.6. The zero-order valence-corrected chi connectivity index (χ0v) is 11.6. The minimum Gasteiger partial charge on any atom is -0.482 e. The van der Waals surface area contributed by atoms with Gasteiger partial charge in [0.15, 0.2) is 18.2 Å². The molecule has 21 heavy (non-hydrogen) atoms. The van der Waals surface area contributed by atoms with Crippen molar-refractivity contribution in [2.75, 3.05) is 13.1 Å². The van der Waals surface area contributed by atoms with Gasteiger partial charge in [-0.2, -0.15) is 4.98 Å². The lowest BCUT2D eigenvalue weighted by Crippen LogP contribution is -2.39. The molecule has 2 heterocycles. The number of nitrogens with zero attached hydrogens (tertiary/aromatic N) is 2. The Bertz CT molecular complexity index is 605. The van der Waals surface area contributed by atoms with Crippen molar-refractivity contribution in [3.8, 4) is 5.75 Å². The molecule has 1 N–H and O–H groups in total. The minimum atomic E-state index is -0.421. The van der Waals surface area contributed by atoms with E-state index in [1.54, 1.807) is 18.2 Å². The fourth-order valence-corrected chi connectivity index (χ4v) is 2.10. The van der Waals surface area contributed by atoms with Gasteiger partial charge in [0, 0.05) is 13.1 Å². The largest absolute Gasteiger partial charge is 0.482 e. The molecule has 0 aliphatic carbocycles. The number of nitrogens with one attached hydrogen (secondary N) is 1. The molecule has 0 unspecified atom stereocenters. The van der Waals surface area contributed by atoms with Crippen molar-refractivity contribution in [1.29, 1.82) is 0 Å². The number of hydrogen-bond donors (Lipinski definition) is 1. The highest BCUT2D eigenvalue weighted by molar-refractivity contribution is 5.23. The van der Waals surface area contributed by atoms with Crippen LogP contribution >= 0.6 is 0 Å². The number of aromatic nitrogens is 2. The predicted octanol–water partition coefficient (Wildman–Crippen LogP) is 1.84. The van der Waals surface area contributed by atoms with Gasteiger partial charge in [-0.3, -0.25) is 0 Å². The SMILES string of the molecule is C[C@@H]1CNC[C@H](c2nc(COc3ccccc3F)no2)O1. The summed E-state index contributed by atoms with van der Waals surface area (Å²) in [6, 6.07) is 6.18. The van der Waals surface area contributed by atoms with Crippen molar-refractivity contribution < 1.29 is 18.4 Å². The van der Waals surface area contributed by atoms with Crippen LogP contribution in [-0.2, 0) is 11.3 Å². The van der Waals surface area contributed by atoms with Crippen LogP contribution in [-0.4, -0.2) is 29.3 Å². The highest BCUT2D eigenvalue weighted by Gasteiger charge is 2.25. The van der Waals surface area contributed by atoms with E-state index in [4.69, 9.17) is 14.0 Å². The Balaban J connectivity index is 1.61. The van der Waals surface area contributed by atoms with E-state index in [-0.39, 0.29) is 24.6 Å². The van der Waals surface area contributed by atoms with Gasteiger partial charge in [0.1, 0.15) is 6.10 Å². The molecule has 0 saturated carbocycles. The van der Waals surface area contributed by atoms with Crippen molar-refractivity contribution in [3.63, 3.8) is 0 Å². The molecule has 0 amide bonds. The van der Waals surface area contributed by atoms with Crippen LogP contribution < -0.4 is 10.1 Å². The Kier molecular flexibility index (Phi) is 4.12. The zero-order valence-electron chi connectivity index (χ0n) is 11.6. The number of benzene rings is 1. The summed E-state index contributed by atoms with van der Waals surface area (Å²) in [4.78, 5) is 4.22. The van der Waals surface area contributed by atoms with Crippen LogP contribution in [0.1, 0.15) is 24.7 Å². The first-order valence-electron chi connectivity index (χ1n) is 6.78. The van der Waals surface area contributed by atoms with E-state index in [1.807, 2.05) is 6.92 Å². The maximum Gasteiger partial charge on any atom is 0.257 e. The third kappa shape index (κ3) is 3.37. The molecule has 1 aliphatic rings. The van der Waals surface area contributed by atoms with Gasteiger partial charge in [-0.15, -0.1) is 0 Å². The molecule has 2 atom stereocenters. The van der Waals surface area contributed by atoms with E-state index in [9.17, 15) is 4.39 Å². The summed E-state index contributed by atoms with van der Waals surface area (Å²) in [6.07, 6.45) is -0.169. The second kappa shape index (κ2) is 6.19. The lowest BCUT2D eigenvalue weighted by atomic mass is 10.2. The van der Waals surface area contributed by atoms with Crippen molar-refractivity contribution >= 4 is 0 Å². The molecule has 0 radical (unpaired) electrons. The van der Waals surface area contributed by atoms with E-state index in [1.165, 1.54) is 6.07 Å². The molecule has 1 aromatic carbocycles. The molecule has 3 rings (SSSR count). The van der Waals surface area contributed by atoms with Gasteiger partial charge in [0.25, 0.3) is 5.89 Å². The van der Waals surface area contributed by atoms with Crippen molar-refractivity contribution in [2.24, 2.45) is 0 Å². The van der Waals surface area contributed by atoms with E-state index in [2.05, 4.69) is 15.5 Å². The normalized spacial score (nSPS) is 22.2. The molecule has 112 valence electrons. The molecule has 1 saturated heterocycles. The fourth-order valence-electron chi connectivity index (χ4n) is 2.10. The van der Waals surface area contributed by atoms with Gasteiger partial charge in [0.05, 0.1) is 6.10 Å². The van der Waals surface area contributed by atoms with Gasteiger partial charge in [-0.25, -0.2) is 4.39 Å². The predicted molar refractivity (Wildman–Crippen MR) is 71.2 cm³/mol. The summed E-state index contributed by atoms with van der Waals surface area (Å²) >= 11 is 0. The lowest BCUT2D eigenvalue weighted by molar-refractivity contribution is -0.0438. The minimum absolute atomic E-state index is 0.0418. The van der Waals surface area contributed by atoms with Gasteiger partial charge in [-0.1, -0.05) is 17.3 Å². The Labute approximate surface area is 121 Å². The molecular formula is C14H16FN3O3. The van der Waals surface area contributed by atoms with Crippen molar-refractivity contribution in [2.45, 2.75) is 25.7 Å². The Morgan fingerprint density at radius 2 is 2.24 bits per heavy atom. The van der Waals surface area contributed by atoms with E-state index >= 15 is 0 Å². The van der Waals surface area contributed by atoms with Gasteiger partial charge in [0.2, 0.25) is 5.82 Å². The van der Waals surface area contributed by atoms with E-state index < -0.39 is 5.82 Å². The summed E-state index contributed by atoms with van der Waals surface area (Å²) in [6.45, 7) is 3.44. The summed E-state index contributed by atoms with van der Waals surface area (Å²) in [5.41, 5.74) is 0. The molecule has 6 nitrogen and oxygen atoms in total. The summed E-state index contributed by atoms with van der Waals surface area (Å²) in [5, 5.41) is 7.04. The zero-order chi connectivity index (χ0) is 14.7. The van der Waals surface area contributed by atoms with E-state index in [0.29, 0.717) is 18.3 Å². The van der Waals surface area contributed by atoms with E-state index in [0.717, 1.165) is 6.54 Å². The third-order valence-corrected chi connectivity index (χ3v) is 3.11. The average Bonchev–Trinajstić information content (AvgIpc) is 2.95. The monoisotopic (exact) mass is 293 g/mol. The topological polar surface area (TPSA) is 69.4 Å². The molecular weight excluding hydrogens is 277 g/mol. The number of hydrogen-bond acceptors (Lipinski definition) is 6. The third-order valence-electron chi connectivity index (χ3n) is 3.11. The highest BCUT2D eigenvalue weighted by atomic mass is 19.1. The number of rotatable bonds is 4. The molecule has 1 aromatic heterocycles. The first-order valence-corrected chi connectivity index (χ1v) is 6.78. The maximum absolute atomic E-state index is 13.4. The second-order valence-corrected chi connectivity index (χ2v) is 4.86. The van der Waals surface area contributed by atoms with Crippen LogP contribution in [0.15, 0.2) is 28.8 Å². The number of halogens is 1. The Morgan fingerprint density at radius 3 is 3.05 bits per heavy atom. The summed E-state index contributed by atoms with van der Waals surface area (Å²) in [7, 11) is 0. The Morgan fingerprint density at radius 1 is 1.38 bits per heavy atom. The van der Waals surface area contributed by atoms with Crippen LogP contribution in [0.2, 0.25) is 0 Å². The Hall–Kier alpha value is -1.99. The second-order valence-electron chi connectivity index (χ2n) is 4.86. The van der Waals surface area contributed by atoms with Crippen LogP contribution in [0.25, 0.3) is 0 Å². The molecule has 1 fully saturated rings. The maximum atomic E-state index is 13.4. The molecule has 0 bridgehead atoms. The quantitative estimate of drug-likeness (QED) is 0.927. The van der Waals surface area contributed by atoms with Crippen LogP contribution in [0, 0.1) is 5.82 Å². The molecule has 7 heteroatoms. The molecule has 1 aliphatic heterocycles. The average molecular weight is 293 g/mol. The summed E-state index contributed by atoms with van der Waals surface area (Å²) in [5.74, 6) is 0.499. The first-order chi connectivity index (χ1) is 10.2. The standard InChI is InChI=1S/C14H16FN3O3/c1-9-6-16-7-12(20-9)14-17-13(18-21-14)8-19-11-5-3-2-4-10(11)15/h2-5,9,12,16H,6-8H2,1H3/t9-,12-/m1/s1. The molecule has 2 aromatic rings. The van der Waals surface area contributed by atoms with Crippen molar-refractivity contribution in [3.05, 3.63) is 41.8 Å². The van der Waals surface area contributed by atoms with Gasteiger partial charge < -0.3 is 19.3 Å². The number of morpholine rings is 1.